The van der Waals surface area contributed by atoms with Crippen LogP contribution in [0.4, 0.5) is 5.69 Å². The van der Waals surface area contributed by atoms with E-state index in [0.717, 1.165) is 19.4 Å². The largest absolute Gasteiger partial charge is 0.495 e. The summed E-state index contributed by atoms with van der Waals surface area (Å²) >= 11 is 6.02. The number of amides is 1. The highest BCUT2D eigenvalue weighted by Gasteiger charge is 2.29. The minimum absolute atomic E-state index is 0.117. The number of aliphatic hydroxyl groups is 1. The number of methoxy groups -OCH3 is 1. The molecule has 1 amide bonds. The Bertz CT molecular complexity index is 520. The van der Waals surface area contributed by atoms with Crippen LogP contribution in [0, 0.1) is 0 Å². The maximum absolute atomic E-state index is 12.0. The predicted octanol–water partition coefficient (Wildman–Crippen LogP) is 2.13. The lowest BCUT2D eigenvalue weighted by Gasteiger charge is -2.36. The van der Waals surface area contributed by atoms with Crippen LogP contribution >= 0.6 is 11.6 Å². The Labute approximate surface area is 129 Å². The van der Waals surface area contributed by atoms with Gasteiger partial charge in [-0.05, 0) is 44.5 Å². The molecule has 1 atom stereocenters. The fourth-order valence-electron chi connectivity index (χ4n) is 2.61. The van der Waals surface area contributed by atoms with Crippen molar-refractivity contribution in [2.75, 3.05) is 32.1 Å². The molecule has 0 bridgehead atoms. The van der Waals surface area contributed by atoms with Gasteiger partial charge in [-0.25, -0.2) is 0 Å². The average molecular weight is 313 g/mol. The fourth-order valence-corrected chi connectivity index (χ4v) is 2.86. The first-order valence-electron chi connectivity index (χ1n) is 6.98. The summed E-state index contributed by atoms with van der Waals surface area (Å²) in [5.74, 6) is 0.454. The van der Waals surface area contributed by atoms with E-state index in [2.05, 4.69) is 5.32 Å². The van der Waals surface area contributed by atoms with Crippen molar-refractivity contribution in [2.45, 2.75) is 25.4 Å². The molecule has 2 rings (SSSR count). The molecule has 1 aliphatic heterocycles. The molecule has 1 saturated heterocycles. The van der Waals surface area contributed by atoms with E-state index in [4.69, 9.17) is 16.3 Å². The number of hydrogen-bond donors (Lipinski definition) is 2. The monoisotopic (exact) mass is 312 g/mol. The number of halogens is 1. The van der Waals surface area contributed by atoms with Crippen LogP contribution in [0.3, 0.4) is 0 Å². The normalized spacial score (nSPS) is 22.9. The number of benzene rings is 1. The number of nitrogens with one attached hydrogen (secondary N) is 1. The van der Waals surface area contributed by atoms with Gasteiger partial charge in [-0.15, -0.1) is 0 Å². The third-order valence-electron chi connectivity index (χ3n) is 3.56. The van der Waals surface area contributed by atoms with E-state index >= 15 is 0 Å². The van der Waals surface area contributed by atoms with Crippen molar-refractivity contribution >= 4 is 23.2 Å². The number of rotatable bonds is 4. The zero-order valence-corrected chi connectivity index (χ0v) is 13.1. The van der Waals surface area contributed by atoms with Gasteiger partial charge in [-0.1, -0.05) is 11.6 Å². The van der Waals surface area contributed by atoms with E-state index in [1.54, 1.807) is 32.2 Å². The summed E-state index contributed by atoms with van der Waals surface area (Å²) in [6.07, 6.45) is 1.67. The van der Waals surface area contributed by atoms with Crippen LogP contribution in [0.5, 0.6) is 5.75 Å². The van der Waals surface area contributed by atoms with E-state index in [-0.39, 0.29) is 12.5 Å². The van der Waals surface area contributed by atoms with Gasteiger partial charge < -0.3 is 15.2 Å². The summed E-state index contributed by atoms with van der Waals surface area (Å²) in [6, 6.07) is 5.11. The number of likely N-dealkylation sites (tertiary alicyclic amines) is 1. The Hall–Kier alpha value is -1.30. The van der Waals surface area contributed by atoms with Crippen LogP contribution in [0.15, 0.2) is 18.2 Å². The third kappa shape index (κ3) is 4.59. The molecular weight excluding hydrogens is 292 g/mol. The highest BCUT2D eigenvalue weighted by Crippen LogP contribution is 2.27. The molecule has 1 aromatic carbocycles. The number of β-amino-alcohol motifs (C(OH)–C–C–N with tert-alkyl or cyclic N) is 1. The van der Waals surface area contributed by atoms with Gasteiger partial charge in [0.1, 0.15) is 5.75 Å². The predicted molar refractivity (Wildman–Crippen MR) is 82.9 cm³/mol. The highest BCUT2D eigenvalue weighted by molar-refractivity contribution is 6.32. The van der Waals surface area contributed by atoms with Crippen LogP contribution in [-0.2, 0) is 4.79 Å². The van der Waals surface area contributed by atoms with Gasteiger partial charge in [0, 0.05) is 12.2 Å². The van der Waals surface area contributed by atoms with E-state index in [1.807, 2.05) is 4.90 Å². The molecule has 1 aliphatic rings. The van der Waals surface area contributed by atoms with Gasteiger partial charge in [0.25, 0.3) is 0 Å². The fraction of sp³-hybridized carbons (Fsp3) is 0.533. The second kappa shape index (κ2) is 6.64. The molecule has 0 spiro atoms. The van der Waals surface area contributed by atoms with Gasteiger partial charge in [-0.3, -0.25) is 9.69 Å². The van der Waals surface area contributed by atoms with Crippen molar-refractivity contribution in [3.05, 3.63) is 23.2 Å². The third-order valence-corrected chi connectivity index (χ3v) is 3.85. The zero-order chi connectivity index (χ0) is 15.5. The molecule has 0 aliphatic carbocycles. The molecule has 2 N–H and O–H groups in total. The standard InChI is InChI=1S/C15H21ClN2O3/c1-15(20)6-3-7-18(10-15)9-14(19)17-11-4-5-13(21-2)12(16)8-11/h4-5,8,20H,3,6-7,9-10H2,1-2H3,(H,17,19). The number of hydrogen-bond acceptors (Lipinski definition) is 4. The van der Waals surface area contributed by atoms with Crippen LogP contribution in [0.1, 0.15) is 19.8 Å². The van der Waals surface area contributed by atoms with E-state index < -0.39 is 5.60 Å². The Balaban J connectivity index is 1.91. The SMILES string of the molecule is COc1ccc(NC(=O)CN2CCCC(C)(O)C2)cc1Cl. The molecule has 1 fully saturated rings. The minimum Gasteiger partial charge on any atom is -0.495 e. The lowest BCUT2D eigenvalue weighted by molar-refractivity contribution is -0.118. The number of anilines is 1. The van der Waals surface area contributed by atoms with Crippen LogP contribution in [0.2, 0.25) is 5.02 Å². The maximum atomic E-state index is 12.0. The van der Waals surface area contributed by atoms with Crippen LogP contribution in [-0.4, -0.2) is 48.3 Å². The molecule has 6 heteroatoms. The number of piperidine rings is 1. The number of ether oxygens (including phenoxy) is 1. The molecule has 116 valence electrons. The molecule has 1 heterocycles. The number of nitrogens with zero attached hydrogens (tertiary/aromatic N) is 1. The van der Waals surface area contributed by atoms with Gasteiger partial charge in [0.15, 0.2) is 0 Å². The van der Waals surface area contributed by atoms with Crippen molar-refractivity contribution < 1.29 is 14.6 Å². The lowest BCUT2D eigenvalue weighted by atomic mass is 9.95. The van der Waals surface area contributed by atoms with Gasteiger partial charge in [0.05, 0.1) is 24.3 Å². The second-order valence-corrected chi connectivity index (χ2v) is 6.12. The van der Waals surface area contributed by atoms with E-state index in [9.17, 15) is 9.90 Å². The Morgan fingerprint density at radius 3 is 2.95 bits per heavy atom. The number of carbonyl (C=O) groups is 1. The second-order valence-electron chi connectivity index (χ2n) is 5.71. The lowest BCUT2D eigenvalue weighted by Crippen LogP contribution is -2.48. The molecule has 0 saturated carbocycles. The number of carbonyl (C=O) groups excluding carboxylic acids is 1. The maximum Gasteiger partial charge on any atom is 0.238 e. The van der Waals surface area contributed by atoms with Crippen molar-refractivity contribution in [3.8, 4) is 5.75 Å². The van der Waals surface area contributed by atoms with Crippen molar-refractivity contribution in [3.63, 3.8) is 0 Å². The Kier molecular flexibility index (Phi) is 5.08. The average Bonchev–Trinajstić information content (AvgIpc) is 2.37. The summed E-state index contributed by atoms with van der Waals surface area (Å²) in [4.78, 5) is 14.0. The van der Waals surface area contributed by atoms with Crippen molar-refractivity contribution in [1.82, 2.24) is 4.90 Å². The molecule has 21 heavy (non-hydrogen) atoms. The Morgan fingerprint density at radius 1 is 1.57 bits per heavy atom. The summed E-state index contributed by atoms with van der Waals surface area (Å²) in [5, 5.41) is 13.3. The Morgan fingerprint density at radius 2 is 2.33 bits per heavy atom. The van der Waals surface area contributed by atoms with Gasteiger partial charge >= 0.3 is 0 Å². The summed E-state index contributed by atoms with van der Waals surface area (Å²) in [6.45, 7) is 3.41. The molecular formula is C15H21ClN2O3. The molecule has 0 aromatic heterocycles. The molecule has 1 aromatic rings. The first-order valence-corrected chi connectivity index (χ1v) is 7.35. The van der Waals surface area contributed by atoms with Crippen LogP contribution < -0.4 is 10.1 Å². The summed E-state index contributed by atoms with van der Waals surface area (Å²) < 4.78 is 5.07. The van der Waals surface area contributed by atoms with Gasteiger partial charge in [0.2, 0.25) is 5.91 Å². The highest BCUT2D eigenvalue weighted by atomic mass is 35.5. The topological polar surface area (TPSA) is 61.8 Å². The first-order chi connectivity index (χ1) is 9.89. The van der Waals surface area contributed by atoms with Crippen molar-refractivity contribution in [2.24, 2.45) is 0 Å². The summed E-state index contributed by atoms with van der Waals surface area (Å²) in [7, 11) is 1.54. The van der Waals surface area contributed by atoms with Crippen molar-refractivity contribution in [1.29, 1.82) is 0 Å². The molecule has 0 radical (unpaired) electrons. The molecule has 1 unspecified atom stereocenters. The quantitative estimate of drug-likeness (QED) is 0.894. The smallest absolute Gasteiger partial charge is 0.238 e. The minimum atomic E-state index is -0.706. The van der Waals surface area contributed by atoms with E-state index in [1.165, 1.54) is 0 Å². The molecule has 5 nitrogen and oxygen atoms in total. The zero-order valence-electron chi connectivity index (χ0n) is 12.4. The van der Waals surface area contributed by atoms with Crippen LogP contribution in [0.25, 0.3) is 0 Å². The summed E-state index contributed by atoms with van der Waals surface area (Å²) in [5.41, 5.74) is -0.0725. The van der Waals surface area contributed by atoms with Gasteiger partial charge in [-0.2, -0.15) is 0 Å². The van der Waals surface area contributed by atoms with E-state index in [0.29, 0.717) is 23.0 Å². The first kappa shape index (κ1) is 16.1.